The highest BCUT2D eigenvalue weighted by atomic mass is 19.1. The van der Waals surface area contributed by atoms with E-state index in [1.54, 1.807) is 36.4 Å². The summed E-state index contributed by atoms with van der Waals surface area (Å²) < 4.78 is 12.9. The number of hydrogen-bond donors (Lipinski definition) is 3. The fraction of sp³-hybridized carbons (Fsp3) is 0.100. The van der Waals surface area contributed by atoms with Gasteiger partial charge in [-0.25, -0.2) is 14.4 Å². The maximum Gasteiger partial charge on any atom is 0.274 e. The van der Waals surface area contributed by atoms with Crippen LogP contribution in [0.1, 0.15) is 23.0 Å². The van der Waals surface area contributed by atoms with E-state index in [-0.39, 0.29) is 23.4 Å². The predicted molar refractivity (Wildman–Crippen MR) is 104 cm³/mol. The highest BCUT2D eigenvalue weighted by Gasteiger charge is 2.10. The molecule has 3 N–H and O–H groups in total. The van der Waals surface area contributed by atoms with E-state index in [1.807, 2.05) is 0 Å². The third-order valence-electron chi connectivity index (χ3n) is 3.69. The summed E-state index contributed by atoms with van der Waals surface area (Å²) in [4.78, 5) is 31.9. The van der Waals surface area contributed by atoms with Gasteiger partial charge in [0.25, 0.3) is 5.91 Å². The molecule has 142 valence electrons. The standard InChI is InChI=1S/C20H18FN5O2/c1-13(27)24-16-3-2-4-17(11-16)25-19(28)18-9-10-22-20(26-18)23-12-14-5-7-15(21)8-6-14/h2-11H,12H2,1H3,(H,24,27)(H,25,28)(H,22,23,26). The number of carbonyl (C=O) groups is 2. The Labute approximate surface area is 161 Å². The first kappa shape index (κ1) is 19.0. The van der Waals surface area contributed by atoms with Gasteiger partial charge in [-0.2, -0.15) is 0 Å². The first-order valence-corrected chi connectivity index (χ1v) is 8.50. The zero-order valence-electron chi connectivity index (χ0n) is 15.1. The van der Waals surface area contributed by atoms with E-state index in [9.17, 15) is 14.0 Å². The average molecular weight is 379 g/mol. The second kappa shape index (κ2) is 8.72. The van der Waals surface area contributed by atoms with E-state index in [2.05, 4.69) is 25.9 Å². The van der Waals surface area contributed by atoms with Crippen molar-refractivity contribution in [3.8, 4) is 0 Å². The van der Waals surface area contributed by atoms with Crippen LogP contribution in [-0.4, -0.2) is 21.8 Å². The topological polar surface area (TPSA) is 96.0 Å². The summed E-state index contributed by atoms with van der Waals surface area (Å²) in [7, 11) is 0. The number of halogens is 1. The van der Waals surface area contributed by atoms with Gasteiger partial charge in [-0.15, -0.1) is 0 Å². The third kappa shape index (κ3) is 5.34. The van der Waals surface area contributed by atoms with Crippen LogP contribution in [0.15, 0.2) is 60.8 Å². The molecular formula is C20H18FN5O2. The van der Waals surface area contributed by atoms with Gasteiger partial charge in [-0.3, -0.25) is 9.59 Å². The fourth-order valence-electron chi connectivity index (χ4n) is 2.43. The van der Waals surface area contributed by atoms with Crippen LogP contribution in [-0.2, 0) is 11.3 Å². The molecule has 0 fully saturated rings. The Balaban J connectivity index is 1.65. The molecule has 0 aliphatic rings. The predicted octanol–water partition coefficient (Wildman–Crippen LogP) is 3.44. The fourth-order valence-corrected chi connectivity index (χ4v) is 2.43. The molecule has 2 aromatic carbocycles. The van der Waals surface area contributed by atoms with Crippen molar-refractivity contribution < 1.29 is 14.0 Å². The van der Waals surface area contributed by atoms with Crippen molar-refractivity contribution in [1.29, 1.82) is 0 Å². The number of rotatable bonds is 6. The van der Waals surface area contributed by atoms with Crippen molar-refractivity contribution in [3.63, 3.8) is 0 Å². The smallest absolute Gasteiger partial charge is 0.274 e. The normalized spacial score (nSPS) is 10.2. The summed E-state index contributed by atoms with van der Waals surface area (Å²) in [6.07, 6.45) is 1.47. The van der Waals surface area contributed by atoms with Gasteiger partial charge in [0.15, 0.2) is 0 Å². The summed E-state index contributed by atoms with van der Waals surface area (Å²) >= 11 is 0. The van der Waals surface area contributed by atoms with Crippen molar-refractivity contribution in [3.05, 3.63) is 77.9 Å². The molecule has 1 heterocycles. The Morgan fingerprint density at radius 3 is 2.43 bits per heavy atom. The highest BCUT2D eigenvalue weighted by molar-refractivity contribution is 6.03. The second-order valence-electron chi connectivity index (χ2n) is 5.96. The molecule has 8 heteroatoms. The molecule has 3 aromatic rings. The van der Waals surface area contributed by atoms with Crippen LogP contribution in [0, 0.1) is 5.82 Å². The van der Waals surface area contributed by atoms with Gasteiger partial charge >= 0.3 is 0 Å². The van der Waals surface area contributed by atoms with Crippen LogP contribution in [0.2, 0.25) is 0 Å². The lowest BCUT2D eigenvalue weighted by Gasteiger charge is -2.09. The minimum Gasteiger partial charge on any atom is -0.350 e. The molecule has 0 saturated carbocycles. The monoisotopic (exact) mass is 379 g/mol. The molecule has 0 atom stereocenters. The number of aromatic nitrogens is 2. The molecular weight excluding hydrogens is 361 g/mol. The van der Waals surface area contributed by atoms with Crippen molar-refractivity contribution in [1.82, 2.24) is 9.97 Å². The van der Waals surface area contributed by atoms with Gasteiger partial charge in [-0.05, 0) is 42.0 Å². The van der Waals surface area contributed by atoms with E-state index in [4.69, 9.17) is 0 Å². The summed E-state index contributed by atoms with van der Waals surface area (Å²) in [6, 6.07) is 14.3. The first-order valence-electron chi connectivity index (χ1n) is 8.50. The lowest BCUT2D eigenvalue weighted by Crippen LogP contribution is -2.15. The Bertz CT molecular complexity index is 992. The molecule has 0 unspecified atom stereocenters. The molecule has 1 aromatic heterocycles. The Kier molecular flexibility index (Phi) is 5.91. The number of benzene rings is 2. The summed E-state index contributed by atoms with van der Waals surface area (Å²) in [6.45, 7) is 1.80. The number of nitrogens with one attached hydrogen (secondary N) is 3. The molecule has 3 rings (SSSR count). The highest BCUT2D eigenvalue weighted by Crippen LogP contribution is 2.16. The lowest BCUT2D eigenvalue weighted by atomic mass is 10.2. The van der Waals surface area contributed by atoms with Crippen LogP contribution in [0.3, 0.4) is 0 Å². The van der Waals surface area contributed by atoms with E-state index >= 15 is 0 Å². The van der Waals surface area contributed by atoms with Gasteiger partial charge in [0.2, 0.25) is 11.9 Å². The zero-order chi connectivity index (χ0) is 19.9. The van der Waals surface area contributed by atoms with Gasteiger partial charge in [0, 0.05) is 31.0 Å². The van der Waals surface area contributed by atoms with Crippen LogP contribution in [0.5, 0.6) is 0 Å². The Hall–Kier alpha value is -3.81. The first-order chi connectivity index (χ1) is 13.5. The minimum absolute atomic E-state index is 0.182. The summed E-state index contributed by atoms with van der Waals surface area (Å²) in [5, 5.41) is 8.38. The maximum atomic E-state index is 12.9. The number of carbonyl (C=O) groups excluding carboxylic acids is 2. The molecule has 7 nitrogen and oxygen atoms in total. The molecule has 0 spiro atoms. The molecule has 0 saturated heterocycles. The maximum absolute atomic E-state index is 12.9. The van der Waals surface area contributed by atoms with Crippen molar-refractivity contribution >= 4 is 29.1 Å². The molecule has 0 aliphatic carbocycles. The number of hydrogen-bond acceptors (Lipinski definition) is 5. The largest absolute Gasteiger partial charge is 0.350 e. The van der Waals surface area contributed by atoms with E-state index in [0.717, 1.165) is 5.56 Å². The Morgan fingerprint density at radius 1 is 1.00 bits per heavy atom. The van der Waals surface area contributed by atoms with E-state index in [0.29, 0.717) is 17.9 Å². The minimum atomic E-state index is -0.410. The number of anilines is 3. The Morgan fingerprint density at radius 2 is 1.71 bits per heavy atom. The van der Waals surface area contributed by atoms with Crippen LogP contribution < -0.4 is 16.0 Å². The van der Waals surface area contributed by atoms with Crippen molar-refractivity contribution in [2.75, 3.05) is 16.0 Å². The van der Waals surface area contributed by atoms with Crippen LogP contribution in [0.25, 0.3) is 0 Å². The van der Waals surface area contributed by atoms with E-state index in [1.165, 1.54) is 31.3 Å². The molecule has 2 amide bonds. The lowest BCUT2D eigenvalue weighted by molar-refractivity contribution is -0.114. The summed E-state index contributed by atoms with van der Waals surface area (Å²) in [5.41, 5.74) is 2.14. The van der Waals surface area contributed by atoms with Gasteiger partial charge in [0.1, 0.15) is 11.5 Å². The quantitative estimate of drug-likeness (QED) is 0.610. The number of amides is 2. The zero-order valence-corrected chi connectivity index (χ0v) is 15.1. The van der Waals surface area contributed by atoms with Gasteiger partial charge < -0.3 is 16.0 Å². The SMILES string of the molecule is CC(=O)Nc1cccc(NC(=O)c2ccnc(NCc3ccc(F)cc3)n2)c1. The van der Waals surface area contributed by atoms with Gasteiger partial charge in [0.05, 0.1) is 0 Å². The van der Waals surface area contributed by atoms with Crippen molar-refractivity contribution in [2.45, 2.75) is 13.5 Å². The second-order valence-corrected chi connectivity index (χ2v) is 5.96. The van der Waals surface area contributed by atoms with Crippen LogP contribution >= 0.6 is 0 Å². The van der Waals surface area contributed by atoms with E-state index < -0.39 is 5.91 Å². The third-order valence-corrected chi connectivity index (χ3v) is 3.69. The molecule has 0 radical (unpaired) electrons. The van der Waals surface area contributed by atoms with Gasteiger partial charge in [-0.1, -0.05) is 18.2 Å². The summed E-state index contributed by atoms with van der Waals surface area (Å²) in [5.74, 6) is -0.631. The van der Waals surface area contributed by atoms with Crippen LogP contribution in [0.4, 0.5) is 21.7 Å². The molecule has 0 aliphatic heterocycles. The van der Waals surface area contributed by atoms with Crippen molar-refractivity contribution in [2.24, 2.45) is 0 Å². The molecule has 0 bridgehead atoms. The number of nitrogens with zero attached hydrogens (tertiary/aromatic N) is 2. The average Bonchev–Trinajstić information content (AvgIpc) is 2.67. The molecule has 28 heavy (non-hydrogen) atoms.